The van der Waals surface area contributed by atoms with Crippen LogP contribution in [0.5, 0.6) is 5.75 Å². The van der Waals surface area contributed by atoms with Crippen molar-refractivity contribution in [3.63, 3.8) is 0 Å². The van der Waals surface area contributed by atoms with Gasteiger partial charge in [-0.15, -0.1) is 0 Å². The van der Waals surface area contributed by atoms with Gasteiger partial charge in [-0.1, -0.05) is 6.07 Å². The summed E-state index contributed by atoms with van der Waals surface area (Å²) in [5.41, 5.74) is 2.30. The summed E-state index contributed by atoms with van der Waals surface area (Å²) in [6.45, 7) is 4.08. The third-order valence-electron chi connectivity index (χ3n) is 4.59. The van der Waals surface area contributed by atoms with Gasteiger partial charge in [-0.2, -0.15) is 5.26 Å². The van der Waals surface area contributed by atoms with Crippen molar-refractivity contribution < 1.29 is 9.90 Å². The van der Waals surface area contributed by atoms with E-state index in [-0.39, 0.29) is 11.3 Å². The molecule has 3 N–H and O–H groups in total. The van der Waals surface area contributed by atoms with E-state index in [0.29, 0.717) is 5.69 Å². The quantitative estimate of drug-likeness (QED) is 0.548. The predicted molar refractivity (Wildman–Crippen MR) is 110 cm³/mol. The average Bonchev–Trinajstić information content (AvgIpc) is 2.69. The molecule has 2 aromatic rings. The van der Waals surface area contributed by atoms with Crippen LogP contribution in [0.25, 0.3) is 0 Å². The Bertz CT molecular complexity index is 894. The molecule has 0 aliphatic carbocycles. The van der Waals surface area contributed by atoms with Crippen LogP contribution in [0.1, 0.15) is 0 Å². The first-order valence-electron chi connectivity index (χ1n) is 9.06. The van der Waals surface area contributed by atoms with E-state index in [9.17, 15) is 15.2 Å². The Morgan fingerprint density at radius 3 is 2.46 bits per heavy atom. The molecule has 1 heterocycles. The van der Waals surface area contributed by atoms with Crippen LogP contribution in [-0.2, 0) is 4.79 Å². The van der Waals surface area contributed by atoms with Crippen molar-refractivity contribution in [1.29, 1.82) is 5.26 Å². The number of rotatable bonds is 5. The van der Waals surface area contributed by atoms with E-state index < -0.39 is 5.91 Å². The standard InChI is InChI=1S/C21H23N5O2/c1-25-9-11-26(12-10-25)19-7-5-17(6-8-19)23-15-16(14-22)21(28)24-18-3-2-4-20(27)13-18/h2-8,13,15,23,27H,9-12H2,1H3,(H,24,28)/b16-15-. The zero-order valence-corrected chi connectivity index (χ0v) is 15.7. The molecule has 7 heteroatoms. The van der Waals surface area contributed by atoms with Crippen LogP contribution in [0.4, 0.5) is 17.1 Å². The molecule has 1 amide bonds. The largest absolute Gasteiger partial charge is 0.508 e. The van der Waals surface area contributed by atoms with Crippen LogP contribution in [-0.4, -0.2) is 49.1 Å². The summed E-state index contributed by atoms with van der Waals surface area (Å²) >= 11 is 0. The van der Waals surface area contributed by atoms with E-state index in [1.807, 2.05) is 30.3 Å². The molecule has 0 saturated carbocycles. The van der Waals surface area contributed by atoms with E-state index in [4.69, 9.17) is 0 Å². The van der Waals surface area contributed by atoms with Crippen molar-refractivity contribution in [1.82, 2.24) is 4.90 Å². The highest BCUT2D eigenvalue weighted by atomic mass is 16.3. The molecular weight excluding hydrogens is 354 g/mol. The lowest BCUT2D eigenvalue weighted by molar-refractivity contribution is -0.112. The number of phenolic OH excluding ortho intramolecular Hbond substituents is 1. The number of nitrogens with zero attached hydrogens (tertiary/aromatic N) is 3. The molecule has 1 aliphatic rings. The maximum Gasteiger partial charge on any atom is 0.267 e. The van der Waals surface area contributed by atoms with Crippen LogP contribution in [0.2, 0.25) is 0 Å². The number of hydrogen-bond donors (Lipinski definition) is 3. The maximum atomic E-state index is 12.2. The molecule has 0 radical (unpaired) electrons. The summed E-state index contributed by atoms with van der Waals surface area (Å²) in [5.74, 6) is -0.506. The lowest BCUT2D eigenvalue weighted by Crippen LogP contribution is -2.44. The van der Waals surface area contributed by atoms with Gasteiger partial charge in [0.25, 0.3) is 5.91 Å². The third-order valence-corrected chi connectivity index (χ3v) is 4.59. The number of benzene rings is 2. The smallest absolute Gasteiger partial charge is 0.267 e. The first-order valence-corrected chi connectivity index (χ1v) is 9.06. The topological polar surface area (TPSA) is 91.6 Å². The third kappa shape index (κ3) is 5.02. The fraction of sp³-hybridized carbons (Fsp3) is 0.238. The molecule has 1 aliphatic heterocycles. The SMILES string of the molecule is CN1CCN(c2ccc(N/C=C(/C#N)C(=O)Nc3cccc(O)c3)cc2)CC1. The highest BCUT2D eigenvalue weighted by Gasteiger charge is 2.14. The van der Waals surface area contributed by atoms with Crippen molar-refractivity contribution in [2.24, 2.45) is 0 Å². The highest BCUT2D eigenvalue weighted by Crippen LogP contribution is 2.20. The van der Waals surface area contributed by atoms with E-state index in [1.54, 1.807) is 12.1 Å². The van der Waals surface area contributed by atoms with Crippen molar-refractivity contribution in [3.05, 3.63) is 60.3 Å². The Balaban J connectivity index is 1.61. The first kappa shape index (κ1) is 19.3. The monoisotopic (exact) mass is 377 g/mol. The molecule has 7 nitrogen and oxygen atoms in total. The molecule has 3 rings (SSSR count). The summed E-state index contributed by atoms with van der Waals surface area (Å²) in [6, 6.07) is 16.0. The van der Waals surface area contributed by atoms with Gasteiger partial charge in [-0.05, 0) is 43.4 Å². The molecule has 0 bridgehead atoms. The Morgan fingerprint density at radius 2 is 1.82 bits per heavy atom. The Labute approximate surface area is 164 Å². The first-order chi connectivity index (χ1) is 13.5. The second-order valence-corrected chi connectivity index (χ2v) is 6.66. The molecule has 1 fully saturated rings. The minimum atomic E-state index is -0.547. The molecule has 2 aromatic carbocycles. The van der Waals surface area contributed by atoms with Gasteiger partial charge in [0.05, 0.1) is 0 Å². The summed E-state index contributed by atoms with van der Waals surface area (Å²) < 4.78 is 0. The van der Waals surface area contributed by atoms with Gasteiger partial charge in [0, 0.05) is 55.5 Å². The highest BCUT2D eigenvalue weighted by molar-refractivity contribution is 6.06. The Kier molecular flexibility index (Phi) is 6.14. The fourth-order valence-electron chi connectivity index (χ4n) is 2.92. The number of nitriles is 1. The number of phenols is 1. The van der Waals surface area contributed by atoms with Crippen LogP contribution < -0.4 is 15.5 Å². The number of anilines is 3. The Morgan fingerprint density at radius 1 is 1.11 bits per heavy atom. The van der Waals surface area contributed by atoms with E-state index in [1.165, 1.54) is 18.3 Å². The normalized spacial score (nSPS) is 15.0. The molecule has 0 spiro atoms. The van der Waals surface area contributed by atoms with E-state index in [2.05, 4.69) is 27.5 Å². The summed E-state index contributed by atoms with van der Waals surface area (Å²) in [6.07, 6.45) is 1.38. The average molecular weight is 377 g/mol. The van der Waals surface area contributed by atoms with Crippen LogP contribution in [0.3, 0.4) is 0 Å². The molecular formula is C21H23N5O2. The maximum absolute atomic E-state index is 12.2. The Hall–Kier alpha value is -3.50. The van der Waals surface area contributed by atoms with Crippen molar-refractivity contribution in [3.8, 4) is 11.8 Å². The number of piperazine rings is 1. The number of carbonyl (C=O) groups excluding carboxylic acids is 1. The molecule has 0 unspecified atom stereocenters. The second kappa shape index (κ2) is 8.93. The van der Waals surface area contributed by atoms with Gasteiger partial charge in [0.1, 0.15) is 17.4 Å². The van der Waals surface area contributed by atoms with Crippen LogP contribution >= 0.6 is 0 Å². The van der Waals surface area contributed by atoms with Crippen molar-refractivity contribution in [2.45, 2.75) is 0 Å². The van der Waals surface area contributed by atoms with E-state index in [0.717, 1.165) is 37.6 Å². The summed E-state index contributed by atoms with van der Waals surface area (Å²) in [7, 11) is 2.13. The van der Waals surface area contributed by atoms with Gasteiger partial charge < -0.3 is 25.5 Å². The van der Waals surface area contributed by atoms with Crippen molar-refractivity contribution in [2.75, 3.05) is 48.8 Å². The fourth-order valence-corrected chi connectivity index (χ4v) is 2.92. The molecule has 28 heavy (non-hydrogen) atoms. The lowest BCUT2D eigenvalue weighted by Gasteiger charge is -2.34. The minimum absolute atomic E-state index is 0.0406. The number of hydrogen-bond acceptors (Lipinski definition) is 6. The number of carbonyl (C=O) groups is 1. The zero-order valence-electron chi connectivity index (χ0n) is 15.7. The number of aromatic hydroxyl groups is 1. The van der Waals surface area contributed by atoms with E-state index >= 15 is 0 Å². The molecule has 0 atom stereocenters. The van der Waals surface area contributed by atoms with Crippen LogP contribution in [0.15, 0.2) is 60.3 Å². The number of likely N-dealkylation sites (N-methyl/N-ethyl adjacent to an activating group) is 1. The molecule has 1 saturated heterocycles. The lowest BCUT2D eigenvalue weighted by atomic mass is 10.2. The molecule has 0 aromatic heterocycles. The van der Waals surface area contributed by atoms with Gasteiger partial charge in [0.15, 0.2) is 0 Å². The predicted octanol–water partition coefficient (Wildman–Crippen LogP) is 2.60. The van der Waals surface area contributed by atoms with Gasteiger partial charge in [-0.25, -0.2) is 0 Å². The zero-order chi connectivity index (χ0) is 19.9. The summed E-state index contributed by atoms with van der Waals surface area (Å²) in [4.78, 5) is 16.9. The minimum Gasteiger partial charge on any atom is -0.508 e. The van der Waals surface area contributed by atoms with Gasteiger partial charge >= 0.3 is 0 Å². The number of amides is 1. The summed E-state index contributed by atoms with van der Waals surface area (Å²) in [5, 5.41) is 24.3. The van der Waals surface area contributed by atoms with Crippen molar-refractivity contribution >= 4 is 23.0 Å². The van der Waals surface area contributed by atoms with Gasteiger partial charge in [0.2, 0.25) is 0 Å². The molecule has 144 valence electrons. The second-order valence-electron chi connectivity index (χ2n) is 6.66. The van der Waals surface area contributed by atoms with Crippen LogP contribution in [0, 0.1) is 11.3 Å². The van der Waals surface area contributed by atoms with Gasteiger partial charge in [-0.3, -0.25) is 4.79 Å². The number of nitrogens with one attached hydrogen (secondary N) is 2.